The quantitative estimate of drug-likeness (QED) is 0.696. The lowest BCUT2D eigenvalue weighted by atomic mass is 9.87. The number of carboxylic acid groups (broad SMARTS) is 1. The molecule has 2 bridgehead atoms. The number of aromatic nitrogens is 2. The molecule has 10 heteroatoms. The molecule has 3 fully saturated rings. The van der Waals surface area contributed by atoms with Crippen LogP contribution in [0.2, 0.25) is 0 Å². The van der Waals surface area contributed by atoms with Crippen LogP contribution in [-0.2, 0) is 6.42 Å². The number of hydrogen-bond acceptors (Lipinski definition) is 8. The zero-order chi connectivity index (χ0) is 22.2. The van der Waals surface area contributed by atoms with Crippen LogP contribution in [0.1, 0.15) is 43.0 Å². The van der Waals surface area contributed by atoms with Gasteiger partial charge in [-0.2, -0.15) is 15.2 Å². The summed E-state index contributed by atoms with van der Waals surface area (Å²) in [6.07, 6.45) is 3.50. The van der Waals surface area contributed by atoms with E-state index in [4.69, 9.17) is 14.7 Å². The Kier molecular flexibility index (Phi) is 5.78. The van der Waals surface area contributed by atoms with Crippen molar-refractivity contribution in [1.82, 2.24) is 25.1 Å². The summed E-state index contributed by atoms with van der Waals surface area (Å²) >= 11 is 0. The lowest BCUT2D eigenvalue weighted by molar-refractivity contribution is 0.119. The number of piperazine rings is 1. The van der Waals surface area contributed by atoms with Gasteiger partial charge in [-0.05, 0) is 51.7 Å². The second kappa shape index (κ2) is 8.71. The van der Waals surface area contributed by atoms with Gasteiger partial charge in [0.1, 0.15) is 12.4 Å². The highest BCUT2D eigenvalue weighted by molar-refractivity contribution is 5.66. The highest BCUT2D eigenvalue weighted by Gasteiger charge is 2.39. The third-order valence-electron chi connectivity index (χ3n) is 7.47. The van der Waals surface area contributed by atoms with Crippen molar-refractivity contribution in [3.8, 4) is 12.1 Å². The van der Waals surface area contributed by atoms with Crippen LogP contribution in [0.4, 0.5) is 10.6 Å². The lowest BCUT2D eigenvalue weighted by Gasteiger charge is -2.41. The summed E-state index contributed by atoms with van der Waals surface area (Å²) in [5.74, 6) is 1.43. The molecule has 2 N–H and O–H groups in total. The van der Waals surface area contributed by atoms with Gasteiger partial charge in [0.15, 0.2) is 0 Å². The van der Waals surface area contributed by atoms with Crippen LogP contribution >= 0.6 is 0 Å². The van der Waals surface area contributed by atoms with Gasteiger partial charge in [-0.25, -0.2) is 4.79 Å². The maximum absolute atomic E-state index is 11.6. The second-order valence-corrected chi connectivity index (χ2v) is 9.49. The molecule has 4 aliphatic rings. The third kappa shape index (κ3) is 3.95. The molecule has 4 atom stereocenters. The number of anilines is 1. The molecule has 0 saturated carbocycles. The van der Waals surface area contributed by atoms with Crippen LogP contribution < -0.4 is 15.0 Å². The number of nitriles is 1. The van der Waals surface area contributed by atoms with E-state index in [2.05, 4.69) is 28.2 Å². The lowest BCUT2D eigenvalue weighted by Crippen LogP contribution is -2.55. The molecule has 3 saturated heterocycles. The number of carbonyl (C=O) groups is 1. The van der Waals surface area contributed by atoms with E-state index in [1.807, 2.05) is 0 Å². The second-order valence-electron chi connectivity index (χ2n) is 9.49. The van der Waals surface area contributed by atoms with Gasteiger partial charge in [0, 0.05) is 31.2 Å². The molecule has 0 radical (unpaired) electrons. The first-order valence-electron chi connectivity index (χ1n) is 11.6. The molecule has 1 aromatic rings. The SMILES string of the molecule is CN1CCCC1COc1nc2c(c(N3CCN(C(=O)O)C(CC#N)C3)n1)C[C@@H]1CN[C@H]2C1. The standard InChI is InChI=1S/C22H31N7O3/c1-27-6-2-3-16(27)13-32-21-25-19-17(9-14-10-18(19)24-11-14)20(26-21)28-7-8-29(22(30)31)15(12-28)4-5-23/h14-16,18,24H,2-4,6-13H2,1H3,(H,30,31)/t14-,15?,16?,18-/m0/s1. The Labute approximate surface area is 188 Å². The predicted octanol–water partition coefficient (Wildman–Crippen LogP) is 1.24. The van der Waals surface area contributed by atoms with E-state index >= 15 is 0 Å². The maximum atomic E-state index is 11.6. The van der Waals surface area contributed by atoms with Gasteiger partial charge in [-0.3, -0.25) is 0 Å². The Morgan fingerprint density at radius 3 is 2.94 bits per heavy atom. The molecule has 5 rings (SSSR count). The van der Waals surface area contributed by atoms with Gasteiger partial charge in [0.05, 0.1) is 30.3 Å². The smallest absolute Gasteiger partial charge is 0.407 e. The highest BCUT2D eigenvalue weighted by atomic mass is 16.5. The van der Waals surface area contributed by atoms with E-state index in [1.165, 1.54) is 11.3 Å². The average molecular weight is 442 g/mol. The van der Waals surface area contributed by atoms with E-state index in [0.717, 1.165) is 49.4 Å². The maximum Gasteiger partial charge on any atom is 0.407 e. The van der Waals surface area contributed by atoms with Gasteiger partial charge in [-0.1, -0.05) is 0 Å². The Balaban J connectivity index is 1.43. The predicted molar refractivity (Wildman–Crippen MR) is 117 cm³/mol. The molecular weight excluding hydrogens is 410 g/mol. The zero-order valence-electron chi connectivity index (χ0n) is 18.5. The highest BCUT2D eigenvalue weighted by Crippen LogP contribution is 2.41. The summed E-state index contributed by atoms with van der Waals surface area (Å²) in [5.41, 5.74) is 2.18. The minimum Gasteiger partial charge on any atom is -0.465 e. The summed E-state index contributed by atoms with van der Waals surface area (Å²) in [4.78, 5) is 27.2. The van der Waals surface area contributed by atoms with Gasteiger partial charge in [0.25, 0.3) is 0 Å². The number of likely N-dealkylation sites (N-methyl/N-ethyl adjacent to an activating group) is 1. The molecule has 1 aliphatic carbocycles. The number of ether oxygens (including phenoxy) is 1. The van der Waals surface area contributed by atoms with E-state index < -0.39 is 6.09 Å². The number of nitrogens with zero attached hydrogens (tertiary/aromatic N) is 6. The molecular formula is C22H31N7O3. The van der Waals surface area contributed by atoms with Crippen molar-refractivity contribution in [2.24, 2.45) is 5.92 Å². The molecule has 172 valence electrons. The Hall–Kier alpha value is -2.64. The van der Waals surface area contributed by atoms with Crippen LogP contribution in [0.15, 0.2) is 0 Å². The normalized spacial score (nSPS) is 29.6. The van der Waals surface area contributed by atoms with Gasteiger partial charge >= 0.3 is 12.1 Å². The number of hydrogen-bond donors (Lipinski definition) is 2. The summed E-state index contributed by atoms with van der Waals surface area (Å²) in [6, 6.07) is 2.78. The molecule has 3 aliphatic heterocycles. The number of nitrogens with one attached hydrogen (secondary N) is 1. The molecule has 4 heterocycles. The largest absolute Gasteiger partial charge is 0.465 e. The molecule has 10 nitrogen and oxygen atoms in total. The van der Waals surface area contributed by atoms with Crippen molar-refractivity contribution >= 4 is 11.9 Å². The van der Waals surface area contributed by atoms with Crippen LogP contribution in [0.25, 0.3) is 0 Å². The van der Waals surface area contributed by atoms with Crippen molar-refractivity contribution in [3.05, 3.63) is 11.3 Å². The molecule has 0 spiro atoms. The molecule has 1 aromatic heterocycles. The molecule has 0 aromatic carbocycles. The summed E-state index contributed by atoms with van der Waals surface area (Å²) in [5, 5.41) is 22.4. The van der Waals surface area contributed by atoms with Crippen LogP contribution in [-0.4, -0.2) is 89.4 Å². The molecule has 2 unspecified atom stereocenters. The fourth-order valence-corrected chi connectivity index (χ4v) is 5.68. The number of rotatable bonds is 5. The Morgan fingerprint density at radius 1 is 1.31 bits per heavy atom. The minimum absolute atomic E-state index is 0.167. The van der Waals surface area contributed by atoms with Gasteiger partial charge < -0.3 is 29.9 Å². The fourth-order valence-electron chi connectivity index (χ4n) is 5.68. The average Bonchev–Trinajstić information content (AvgIpc) is 3.38. The summed E-state index contributed by atoms with van der Waals surface area (Å²) < 4.78 is 6.12. The number of fused-ring (bicyclic) bond motifs is 4. The third-order valence-corrected chi connectivity index (χ3v) is 7.47. The fraction of sp³-hybridized carbons (Fsp3) is 0.727. The summed E-state index contributed by atoms with van der Waals surface area (Å²) in [6.45, 7) is 4.00. The van der Waals surface area contributed by atoms with Crippen LogP contribution in [0.5, 0.6) is 6.01 Å². The van der Waals surface area contributed by atoms with Crippen molar-refractivity contribution in [2.75, 3.05) is 51.3 Å². The zero-order valence-corrected chi connectivity index (χ0v) is 18.5. The molecule has 32 heavy (non-hydrogen) atoms. The van der Waals surface area contributed by atoms with E-state index in [-0.39, 0.29) is 18.5 Å². The van der Waals surface area contributed by atoms with Crippen molar-refractivity contribution in [1.29, 1.82) is 5.26 Å². The van der Waals surface area contributed by atoms with Crippen molar-refractivity contribution in [3.63, 3.8) is 0 Å². The van der Waals surface area contributed by atoms with E-state index in [1.54, 1.807) is 0 Å². The van der Waals surface area contributed by atoms with E-state index in [0.29, 0.717) is 44.2 Å². The minimum atomic E-state index is -0.971. The Morgan fingerprint density at radius 2 is 2.19 bits per heavy atom. The first-order chi connectivity index (χ1) is 15.5. The van der Waals surface area contributed by atoms with Crippen LogP contribution in [0, 0.1) is 17.2 Å². The van der Waals surface area contributed by atoms with Crippen LogP contribution in [0.3, 0.4) is 0 Å². The van der Waals surface area contributed by atoms with Gasteiger partial charge in [-0.15, -0.1) is 0 Å². The number of amides is 1. The first-order valence-corrected chi connectivity index (χ1v) is 11.6. The van der Waals surface area contributed by atoms with Crippen molar-refractivity contribution < 1.29 is 14.6 Å². The summed E-state index contributed by atoms with van der Waals surface area (Å²) in [7, 11) is 2.13. The Bertz CT molecular complexity index is 920. The number of likely N-dealkylation sites (tertiary alicyclic amines) is 1. The van der Waals surface area contributed by atoms with Gasteiger partial charge in [0.2, 0.25) is 0 Å². The first kappa shape index (κ1) is 21.2. The topological polar surface area (TPSA) is 118 Å². The van der Waals surface area contributed by atoms with Crippen molar-refractivity contribution in [2.45, 2.75) is 50.2 Å². The monoisotopic (exact) mass is 441 g/mol. The molecule has 1 amide bonds. The van der Waals surface area contributed by atoms with E-state index in [9.17, 15) is 15.2 Å².